The van der Waals surface area contributed by atoms with Gasteiger partial charge in [0.15, 0.2) is 0 Å². The van der Waals surface area contributed by atoms with Crippen LogP contribution in [0.5, 0.6) is 0 Å². The summed E-state index contributed by atoms with van der Waals surface area (Å²) in [5, 5.41) is 2.50. The molecule has 0 saturated heterocycles. The highest BCUT2D eigenvalue weighted by Gasteiger charge is 2.12. The first-order valence-electron chi connectivity index (χ1n) is 5.23. The van der Waals surface area contributed by atoms with Crippen molar-refractivity contribution in [1.29, 1.82) is 0 Å². The van der Waals surface area contributed by atoms with E-state index in [9.17, 15) is 9.59 Å². The molecule has 1 amide bonds. The van der Waals surface area contributed by atoms with E-state index in [1.165, 1.54) is 0 Å². The van der Waals surface area contributed by atoms with Crippen LogP contribution >= 0.6 is 0 Å². The molecule has 0 fully saturated rings. The second-order valence-electron chi connectivity index (χ2n) is 3.21. The highest BCUT2D eigenvalue weighted by atomic mass is 16.5. The third-order valence-corrected chi connectivity index (χ3v) is 2.00. The topological polar surface area (TPSA) is 55.4 Å². The Morgan fingerprint density at radius 2 is 1.94 bits per heavy atom. The van der Waals surface area contributed by atoms with Crippen LogP contribution in [0.3, 0.4) is 0 Å². The highest BCUT2D eigenvalue weighted by Crippen LogP contribution is 1.97. The fourth-order valence-electron chi connectivity index (χ4n) is 1.23. The molecule has 0 unspecified atom stereocenters. The van der Waals surface area contributed by atoms with Crippen LogP contribution in [0, 0.1) is 0 Å². The Bertz CT molecular complexity index is 349. The maximum atomic E-state index is 11.1. The Labute approximate surface area is 94.6 Å². The van der Waals surface area contributed by atoms with E-state index in [4.69, 9.17) is 0 Å². The molecule has 86 valence electrons. The van der Waals surface area contributed by atoms with Crippen molar-refractivity contribution in [2.45, 2.75) is 13.3 Å². The molecule has 16 heavy (non-hydrogen) atoms. The average molecular weight is 221 g/mol. The highest BCUT2D eigenvalue weighted by molar-refractivity contribution is 6.32. The average Bonchev–Trinajstić information content (AvgIpc) is 2.30. The minimum absolute atomic E-state index is 0.213. The lowest BCUT2D eigenvalue weighted by Gasteiger charge is -2.04. The molecule has 0 aliphatic heterocycles. The smallest absolute Gasteiger partial charge is 0.396 e. The van der Waals surface area contributed by atoms with Gasteiger partial charge in [0.1, 0.15) is 0 Å². The van der Waals surface area contributed by atoms with E-state index in [0.29, 0.717) is 13.0 Å². The second kappa shape index (κ2) is 6.61. The molecule has 1 aromatic carbocycles. The molecule has 0 heterocycles. The Kier molecular flexibility index (Phi) is 5.05. The SMILES string of the molecule is CCOC(=O)C(=O)NCCc1ccccc1. The molecular weight excluding hydrogens is 206 g/mol. The number of esters is 1. The van der Waals surface area contributed by atoms with Crippen LogP contribution in [0.2, 0.25) is 0 Å². The quantitative estimate of drug-likeness (QED) is 0.607. The van der Waals surface area contributed by atoms with Gasteiger partial charge in [-0.2, -0.15) is 0 Å². The van der Waals surface area contributed by atoms with Crippen LogP contribution < -0.4 is 5.32 Å². The van der Waals surface area contributed by atoms with Crippen LogP contribution in [-0.2, 0) is 20.7 Å². The summed E-state index contributed by atoms with van der Waals surface area (Å²) in [7, 11) is 0. The molecule has 0 spiro atoms. The molecule has 0 saturated carbocycles. The number of benzene rings is 1. The van der Waals surface area contributed by atoms with E-state index >= 15 is 0 Å². The molecule has 0 bridgehead atoms. The molecule has 4 heteroatoms. The molecule has 1 rings (SSSR count). The molecule has 4 nitrogen and oxygen atoms in total. The minimum Gasteiger partial charge on any atom is -0.459 e. The first-order valence-corrected chi connectivity index (χ1v) is 5.23. The number of carbonyl (C=O) groups is 2. The first kappa shape index (κ1) is 12.2. The van der Waals surface area contributed by atoms with E-state index in [-0.39, 0.29) is 6.61 Å². The van der Waals surface area contributed by atoms with Crippen molar-refractivity contribution < 1.29 is 14.3 Å². The maximum Gasteiger partial charge on any atom is 0.396 e. The predicted molar refractivity (Wildman–Crippen MR) is 59.8 cm³/mol. The van der Waals surface area contributed by atoms with Crippen molar-refractivity contribution >= 4 is 11.9 Å². The fraction of sp³-hybridized carbons (Fsp3) is 0.333. The van der Waals surface area contributed by atoms with Crippen LogP contribution in [0.15, 0.2) is 30.3 Å². The molecular formula is C12H15NO3. The van der Waals surface area contributed by atoms with Crippen molar-refractivity contribution in [3.8, 4) is 0 Å². The van der Waals surface area contributed by atoms with E-state index in [0.717, 1.165) is 5.56 Å². The number of carbonyl (C=O) groups excluding carboxylic acids is 2. The van der Waals surface area contributed by atoms with E-state index in [2.05, 4.69) is 10.1 Å². The molecule has 0 aliphatic carbocycles. The van der Waals surface area contributed by atoms with Gasteiger partial charge < -0.3 is 10.1 Å². The molecule has 0 radical (unpaired) electrons. The third kappa shape index (κ3) is 4.13. The number of rotatable bonds is 4. The van der Waals surface area contributed by atoms with Gasteiger partial charge in [0, 0.05) is 6.54 Å². The normalized spacial score (nSPS) is 9.56. The maximum absolute atomic E-state index is 11.1. The zero-order valence-corrected chi connectivity index (χ0v) is 9.23. The third-order valence-electron chi connectivity index (χ3n) is 2.00. The monoisotopic (exact) mass is 221 g/mol. The Morgan fingerprint density at radius 1 is 1.25 bits per heavy atom. The zero-order valence-electron chi connectivity index (χ0n) is 9.23. The van der Waals surface area contributed by atoms with Crippen molar-refractivity contribution in [2.75, 3.05) is 13.2 Å². The first-order chi connectivity index (χ1) is 7.74. The van der Waals surface area contributed by atoms with Gasteiger partial charge in [-0.05, 0) is 18.9 Å². The number of hydrogen-bond acceptors (Lipinski definition) is 3. The van der Waals surface area contributed by atoms with Gasteiger partial charge in [0.25, 0.3) is 0 Å². The summed E-state index contributed by atoms with van der Waals surface area (Å²) in [5.74, 6) is -1.51. The van der Waals surface area contributed by atoms with Crippen molar-refractivity contribution in [3.05, 3.63) is 35.9 Å². The lowest BCUT2D eigenvalue weighted by atomic mass is 10.1. The summed E-state index contributed by atoms with van der Waals surface area (Å²) in [6, 6.07) is 9.73. The number of amides is 1. The standard InChI is InChI=1S/C12H15NO3/c1-2-16-12(15)11(14)13-9-8-10-6-4-3-5-7-10/h3-7H,2,8-9H2,1H3,(H,13,14). The predicted octanol–water partition coefficient (Wildman–Crippen LogP) is 0.908. The lowest BCUT2D eigenvalue weighted by Crippen LogP contribution is -2.33. The zero-order chi connectivity index (χ0) is 11.8. The summed E-state index contributed by atoms with van der Waals surface area (Å²) in [5.41, 5.74) is 1.12. The summed E-state index contributed by atoms with van der Waals surface area (Å²) in [6.07, 6.45) is 0.700. The molecule has 1 N–H and O–H groups in total. The van der Waals surface area contributed by atoms with E-state index < -0.39 is 11.9 Å². The van der Waals surface area contributed by atoms with Gasteiger partial charge in [-0.1, -0.05) is 30.3 Å². The summed E-state index contributed by atoms with van der Waals surface area (Å²) in [4.78, 5) is 22.1. The van der Waals surface area contributed by atoms with E-state index in [1.54, 1.807) is 6.92 Å². The van der Waals surface area contributed by atoms with Gasteiger partial charge in [-0.25, -0.2) is 4.79 Å². The van der Waals surface area contributed by atoms with E-state index in [1.807, 2.05) is 30.3 Å². The number of hydrogen-bond donors (Lipinski definition) is 1. The summed E-state index contributed by atoms with van der Waals surface area (Å²) in [6.45, 7) is 2.31. The largest absolute Gasteiger partial charge is 0.459 e. The molecule has 0 aromatic heterocycles. The van der Waals surface area contributed by atoms with Crippen LogP contribution in [-0.4, -0.2) is 25.0 Å². The van der Waals surface area contributed by atoms with Crippen LogP contribution in [0.4, 0.5) is 0 Å². The van der Waals surface area contributed by atoms with Gasteiger partial charge in [-0.3, -0.25) is 4.79 Å². The minimum atomic E-state index is -0.824. The van der Waals surface area contributed by atoms with Crippen molar-refractivity contribution in [3.63, 3.8) is 0 Å². The Hall–Kier alpha value is -1.84. The van der Waals surface area contributed by atoms with Crippen LogP contribution in [0.25, 0.3) is 0 Å². The van der Waals surface area contributed by atoms with Gasteiger partial charge in [0.05, 0.1) is 6.61 Å². The lowest BCUT2D eigenvalue weighted by molar-refractivity contribution is -0.154. The second-order valence-corrected chi connectivity index (χ2v) is 3.21. The summed E-state index contributed by atoms with van der Waals surface area (Å²) < 4.78 is 4.56. The van der Waals surface area contributed by atoms with Gasteiger partial charge >= 0.3 is 11.9 Å². The number of ether oxygens (including phenoxy) is 1. The van der Waals surface area contributed by atoms with Crippen LogP contribution in [0.1, 0.15) is 12.5 Å². The Balaban J connectivity index is 2.26. The van der Waals surface area contributed by atoms with Crippen molar-refractivity contribution in [1.82, 2.24) is 5.32 Å². The molecule has 1 aromatic rings. The Morgan fingerprint density at radius 3 is 2.56 bits per heavy atom. The van der Waals surface area contributed by atoms with Gasteiger partial charge in [0.2, 0.25) is 0 Å². The number of nitrogens with one attached hydrogen (secondary N) is 1. The molecule has 0 atom stereocenters. The molecule has 0 aliphatic rings. The van der Waals surface area contributed by atoms with Gasteiger partial charge in [-0.15, -0.1) is 0 Å². The summed E-state index contributed by atoms with van der Waals surface area (Å²) >= 11 is 0. The van der Waals surface area contributed by atoms with Crippen molar-refractivity contribution in [2.24, 2.45) is 0 Å². The fourth-order valence-corrected chi connectivity index (χ4v) is 1.23.